The number of halogens is 7. The minimum absolute atomic E-state index is 0.115. The van der Waals surface area contributed by atoms with Crippen molar-refractivity contribution in [2.24, 2.45) is 0 Å². The van der Waals surface area contributed by atoms with E-state index in [9.17, 15) is 30.7 Å². The smallest absolute Gasteiger partial charge is 0.374 e. The van der Waals surface area contributed by atoms with E-state index in [-0.39, 0.29) is 5.56 Å². The third-order valence-electron chi connectivity index (χ3n) is 4.40. The van der Waals surface area contributed by atoms with Crippen molar-refractivity contribution in [2.45, 2.75) is 50.8 Å². The van der Waals surface area contributed by atoms with Gasteiger partial charge in [0.1, 0.15) is 0 Å². The van der Waals surface area contributed by atoms with Crippen molar-refractivity contribution >= 4 is 5.69 Å². The number of hydrogen-bond acceptors (Lipinski definition) is 2. The Labute approximate surface area is 147 Å². The molecule has 0 aliphatic heterocycles. The summed E-state index contributed by atoms with van der Waals surface area (Å²) in [6.07, 6.45) is -8.20. The van der Waals surface area contributed by atoms with Crippen LogP contribution in [0.4, 0.5) is 36.4 Å². The second kappa shape index (κ2) is 7.62. The maximum atomic E-state index is 14.0. The van der Waals surface area contributed by atoms with Gasteiger partial charge in [-0.25, -0.2) is 0 Å². The largest absolute Gasteiger partial charge is 0.459 e. The molecule has 26 heavy (non-hydrogen) atoms. The lowest BCUT2D eigenvalue weighted by molar-refractivity contribution is -0.361. The highest BCUT2D eigenvalue weighted by Crippen LogP contribution is 2.52. The summed E-state index contributed by atoms with van der Waals surface area (Å²) < 4.78 is 97.1. The third-order valence-corrected chi connectivity index (χ3v) is 4.40. The van der Waals surface area contributed by atoms with Crippen LogP contribution in [0.15, 0.2) is 24.3 Å². The number of nitrogens with zero attached hydrogens (tertiary/aromatic N) is 1. The molecule has 0 bridgehead atoms. The molecule has 0 aliphatic carbocycles. The molecule has 1 unspecified atom stereocenters. The van der Waals surface area contributed by atoms with E-state index >= 15 is 0 Å². The molecule has 0 N–H and O–H groups in total. The molecule has 0 spiro atoms. The fraction of sp³-hybridized carbons (Fsp3) is 0.647. The molecule has 0 fully saturated rings. The molecule has 0 saturated carbocycles. The van der Waals surface area contributed by atoms with Crippen LogP contribution in [-0.4, -0.2) is 38.2 Å². The molecule has 1 atom stereocenters. The van der Waals surface area contributed by atoms with E-state index in [1.165, 1.54) is 12.1 Å². The third kappa shape index (κ3) is 4.07. The van der Waals surface area contributed by atoms with Crippen LogP contribution in [-0.2, 0) is 10.3 Å². The van der Waals surface area contributed by atoms with Gasteiger partial charge in [-0.3, -0.25) is 0 Å². The van der Waals surface area contributed by atoms with Crippen molar-refractivity contribution in [1.29, 1.82) is 0 Å². The summed E-state index contributed by atoms with van der Waals surface area (Å²) in [7, 11) is 1.00. The van der Waals surface area contributed by atoms with E-state index in [2.05, 4.69) is 0 Å². The van der Waals surface area contributed by atoms with Crippen molar-refractivity contribution in [3.63, 3.8) is 0 Å². The lowest BCUT2D eigenvalue weighted by atomic mass is 9.85. The lowest BCUT2D eigenvalue weighted by Crippen LogP contribution is -2.54. The van der Waals surface area contributed by atoms with Gasteiger partial charge < -0.3 is 9.64 Å². The average Bonchev–Trinajstić information content (AvgIpc) is 2.54. The zero-order valence-corrected chi connectivity index (χ0v) is 14.9. The van der Waals surface area contributed by atoms with E-state index in [4.69, 9.17) is 4.74 Å². The van der Waals surface area contributed by atoms with Crippen LogP contribution >= 0.6 is 0 Å². The molecule has 0 saturated heterocycles. The van der Waals surface area contributed by atoms with Gasteiger partial charge >= 0.3 is 18.0 Å². The number of ether oxygens (including phenoxy) is 1. The van der Waals surface area contributed by atoms with E-state index < -0.39 is 30.0 Å². The summed E-state index contributed by atoms with van der Waals surface area (Å²) in [6.45, 7) is 5.66. The van der Waals surface area contributed by atoms with Gasteiger partial charge in [0.15, 0.2) is 0 Å². The standard InChI is InChI=1S/C17H22F7NO/c1-5-25(6-2)13-10-8-7-9-12(13)14(3,26-4)11-15(18,19)16(20,21)17(22,23)24/h7-10H,5-6,11H2,1-4H3. The van der Waals surface area contributed by atoms with E-state index in [0.29, 0.717) is 18.8 Å². The van der Waals surface area contributed by atoms with Gasteiger partial charge in [-0.1, -0.05) is 18.2 Å². The molecular formula is C17H22F7NO. The summed E-state index contributed by atoms with van der Waals surface area (Å²) >= 11 is 0. The topological polar surface area (TPSA) is 12.5 Å². The van der Waals surface area contributed by atoms with Crippen LogP contribution in [0.3, 0.4) is 0 Å². The first-order valence-electron chi connectivity index (χ1n) is 7.99. The fourth-order valence-electron chi connectivity index (χ4n) is 2.78. The van der Waals surface area contributed by atoms with Crippen molar-refractivity contribution in [1.82, 2.24) is 0 Å². The monoisotopic (exact) mass is 389 g/mol. The Kier molecular flexibility index (Phi) is 6.60. The van der Waals surface area contributed by atoms with Gasteiger partial charge in [-0.05, 0) is 26.8 Å². The molecule has 1 rings (SSSR count). The number of benzene rings is 1. The predicted octanol–water partition coefficient (Wildman–Crippen LogP) is 5.62. The Bertz CT molecular complexity index is 599. The SMILES string of the molecule is CCN(CC)c1ccccc1C(C)(CC(F)(F)C(F)(F)C(F)(F)F)OC. The second-order valence-electron chi connectivity index (χ2n) is 6.08. The van der Waals surface area contributed by atoms with Crippen LogP contribution in [0.25, 0.3) is 0 Å². The van der Waals surface area contributed by atoms with Gasteiger partial charge in [0.2, 0.25) is 0 Å². The molecule has 150 valence electrons. The molecule has 1 aromatic carbocycles. The summed E-state index contributed by atoms with van der Waals surface area (Å²) in [5.74, 6) is -11.5. The number of hydrogen-bond donors (Lipinski definition) is 0. The maximum absolute atomic E-state index is 14.0. The number of para-hydroxylation sites is 1. The van der Waals surface area contributed by atoms with Gasteiger partial charge in [0.05, 0.1) is 12.0 Å². The zero-order valence-electron chi connectivity index (χ0n) is 14.9. The van der Waals surface area contributed by atoms with E-state index in [1.807, 2.05) is 0 Å². The zero-order chi connectivity index (χ0) is 20.4. The maximum Gasteiger partial charge on any atom is 0.459 e. The highest BCUT2D eigenvalue weighted by molar-refractivity contribution is 5.56. The Morgan fingerprint density at radius 1 is 0.923 bits per heavy atom. The normalized spacial score (nSPS) is 15.7. The molecular weight excluding hydrogens is 367 g/mol. The molecule has 0 aromatic heterocycles. The first kappa shape index (κ1) is 22.5. The molecule has 0 radical (unpaired) electrons. The summed E-state index contributed by atoms with van der Waals surface area (Å²) in [6, 6.07) is 6.08. The lowest BCUT2D eigenvalue weighted by Gasteiger charge is -2.38. The fourth-order valence-corrected chi connectivity index (χ4v) is 2.78. The van der Waals surface area contributed by atoms with Crippen LogP contribution < -0.4 is 4.90 Å². The minimum Gasteiger partial charge on any atom is -0.374 e. The molecule has 0 heterocycles. The van der Waals surface area contributed by atoms with Crippen molar-refractivity contribution in [3.05, 3.63) is 29.8 Å². The Balaban J connectivity index is 3.42. The molecule has 9 heteroatoms. The van der Waals surface area contributed by atoms with Crippen LogP contribution in [0, 0.1) is 0 Å². The quantitative estimate of drug-likeness (QED) is 0.536. The summed E-state index contributed by atoms with van der Waals surface area (Å²) in [5, 5.41) is 0. The number of rotatable bonds is 8. The van der Waals surface area contributed by atoms with Gasteiger partial charge in [0.25, 0.3) is 0 Å². The molecule has 1 aromatic rings. The van der Waals surface area contributed by atoms with Crippen LogP contribution in [0.2, 0.25) is 0 Å². The number of methoxy groups -OCH3 is 1. The average molecular weight is 389 g/mol. The second-order valence-corrected chi connectivity index (χ2v) is 6.08. The van der Waals surface area contributed by atoms with Crippen molar-refractivity contribution in [3.8, 4) is 0 Å². The minimum atomic E-state index is -6.37. The van der Waals surface area contributed by atoms with Gasteiger partial charge in [-0.15, -0.1) is 0 Å². The summed E-state index contributed by atoms with van der Waals surface area (Å²) in [4.78, 5) is 1.77. The first-order chi connectivity index (χ1) is 11.8. The van der Waals surface area contributed by atoms with E-state index in [0.717, 1.165) is 14.0 Å². The molecule has 0 amide bonds. The molecule has 2 nitrogen and oxygen atoms in total. The highest BCUT2D eigenvalue weighted by Gasteiger charge is 2.73. The van der Waals surface area contributed by atoms with Gasteiger partial charge in [0, 0.05) is 31.5 Å². The van der Waals surface area contributed by atoms with Gasteiger partial charge in [-0.2, -0.15) is 30.7 Å². The summed E-state index contributed by atoms with van der Waals surface area (Å²) in [5.41, 5.74) is -1.51. The number of alkyl halides is 7. The molecule has 0 aliphatic rings. The van der Waals surface area contributed by atoms with E-state index in [1.54, 1.807) is 30.9 Å². The van der Waals surface area contributed by atoms with Crippen molar-refractivity contribution in [2.75, 3.05) is 25.1 Å². The number of anilines is 1. The van der Waals surface area contributed by atoms with Crippen LogP contribution in [0.1, 0.15) is 32.8 Å². The van der Waals surface area contributed by atoms with Crippen LogP contribution in [0.5, 0.6) is 0 Å². The first-order valence-corrected chi connectivity index (χ1v) is 7.99. The Hall–Kier alpha value is -1.51. The Morgan fingerprint density at radius 3 is 1.85 bits per heavy atom. The predicted molar refractivity (Wildman–Crippen MR) is 84.9 cm³/mol. The van der Waals surface area contributed by atoms with Crippen molar-refractivity contribution < 1.29 is 35.5 Å². The highest BCUT2D eigenvalue weighted by atomic mass is 19.4. The Morgan fingerprint density at radius 2 is 1.42 bits per heavy atom.